The van der Waals surface area contributed by atoms with Gasteiger partial charge in [-0.25, -0.2) is 0 Å². The highest BCUT2D eigenvalue weighted by atomic mass is 19.4. The molecule has 0 saturated heterocycles. The number of anilines is 1. The van der Waals surface area contributed by atoms with Crippen molar-refractivity contribution in [3.8, 4) is 0 Å². The summed E-state index contributed by atoms with van der Waals surface area (Å²) in [4.78, 5) is 0. The minimum Gasteiger partial charge on any atom is -0.384 e. The van der Waals surface area contributed by atoms with Crippen LogP contribution < -0.4 is 5.32 Å². The molecule has 0 spiro atoms. The highest BCUT2D eigenvalue weighted by molar-refractivity contribution is 5.62. The first-order valence-electron chi connectivity index (χ1n) is 6.77. The summed E-state index contributed by atoms with van der Waals surface area (Å²) in [7, 11) is 0. The average Bonchev–Trinajstić information content (AvgIpc) is 2.68. The Hall–Kier alpha value is -1.19. The molecular weight excluding hydrogens is 251 g/mol. The summed E-state index contributed by atoms with van der Waals surface area (Å²) in [5.41, 5.74) is 0.969. The second-order valence-corrected chi connectivity index (χ2v) is 5.67. The lowest BCUT2D eigenvalue weighted by Crippen LogP contribution is -2.34. The molecule has 0 aromatic heterocycles. The van der Waals surface area contributed by atoms with Crippen LogP contribution in [0.1, 0.15) is 44.7 Å². The molecule has 19 heavy (non-hydrogen) atoms. The molecule has 0 saturated carbocycles. The van der Waals surface area contributed by atoms with Crippen LogP contribution in [0.15, 0.2) is 18.2 Å². The molecule has 1 N–H and O–H groups in total. The van der Waals surface area contributed by atoms with E-state index in [0.717, 1.165) is 36.7 Å². The van der Waals surface area contributed by atoms with Gasteiger partial charge in [-0.3, -0.25) is 0 Å². The molecule has 0 bridgehead atoms. The van der Waals surface area contributed by atoms with Gasteiger partial charge in [0.15, 0.2) is 0 Å². The minimum absolute atomic E-state index is 0.175. The van der Waals surface area contributed by atoms with Crippen LogP contribution in [0.3, 0.4) is 0 Å². The first kappa shape index (κ1) is 14.2. The molecule has 1 aromatic rings. The van der Waals surface area contributed by atoms with Crippen molar-refractivity contribution in [1.82, 2.24) is 0 Å². The predicted octanol–water partition coefficient (Wildman–Crippen LogP) is 4.82. The van der Waals surface area contributed by atoms with Gasteiger partial charge in [0, 0.05) is 17.6 Å². The van der Waals surface area contributed by atoms with E-state index in [-0.39, 0.29) is 5.41 Å². The third-order valence-electron chi connectivity index (χ3n) is 4.28. The zero-order chi connectivity index (χ0) is 14.3. The third-order valence-corrected chi connectivity index (χ3v) is 4.28. The summed E-state index contributed by atoms with van der Waals surface area (Å²) in [5, 5.41) is 3.27. The maximum Gasteiger partial charge on any atom is 0.416 e. The molecule has 0 aliphatic carbocycles. The van der Waals surface area contributed by atoms with Gasteiger partial charge in [-0.2, -0.15) is 13.2 Å². The van der Waals surface area contributed by atoms with E-state index < -0.39 is 11.7 Å². The Bertz CT molecular complexity index is 461. The van der Waals surface area contributed by atoms with E-state index in [9.17, 15) is 13.2 Å². The number of halogens is 3. The molecule has 1 nitrogen and oxygen atoms in total. The zero-order valence-electron chi connectivity index (χ0n) is 11.6. The summed E-state index contributed by atoms with van der Waals surface area (Å²) in [5.74, 6) is 0.310. The maximum atomic E-state index is 12.9. The molecule has 106 valence electrons. The van der Waals surface area contributed by atoms with Crippen molar-refractivity contribution in [2.45, 2.75) is 45.2 Å². The highest BCUT2D eigenvalue weighted by Crippen LogP contribution is 2.47. The van der Waals surface area contributed by atoms with Crippen LogP contribution in [-0.4, -0.2) is 6.54 Å². The number of nitrogens with one attached hydrogen (secondary N) is 1. The summed E-state index contributed by atoms with van der Waals surface area (Å²) in [6, 6.07) is 4.07. The number of benzene rings is 1. The van der Waals surface area contributed by atoms with Gasteiger partial charge in [0.2, 0.25) is 0 Å². The van der Waals surface area contributed by atoms with E-state index >= 15 is 0 Å². The zero-order valence-corrected chi connectivity index (χ0v) is 11.6. The van der Waals surface area contributed by atoms with Crippen LogP contribution in [-0.2, 0) is 11.6 Å². The number of hydrogen-bond acceptors (Lipinski definition) is 1. The van der Waals surface area contributed by atoms with E-state index in [0.29, 0.717) is 5.92 Å². The first-order chi connectivity index (χ1) is 8.81. The van der Waals surface area contributed by atoms with Gasteiger partial charge < -0.3 is 5.32 Å². The van der Waals surface area contributed by atoms with E-state index in [2.05, 4.69) is 26.1 Å². The van der Waals surface area contributed by atoms with Crippen LogP contribution in [0.5, 0.6) is 0 Å². The largest absolute Gasteiger partial charge is 0.416 e. The lowest BCUT2D eigenvalue weighted by molar-refractivity contribution is -0.137. The van der Waals surface area contributed by atoms with Gasteiger partial charge in [0.1, 0.15) is 0 Å². The molecular formula is C15H20F3N. The Morgan fingerprint density at radius 2 is 2.00 bits per heavy atom. The normalized spacial score (nSPS) is 22.5. The summed E-state index contributed by atoms with van der Waals surface area (Å²) < 4.78 is 38.6. The van der Waals surface area contributed by atoms with Crippen molar-refractivity contribution < 1.29 is 13.2 Å². The summed E-state index contributed by atoms with van der Waals surface area (Å²) in [6.45, 7) is 6.99. The number of rotatable bonds is 3. The van der Waals surface area contributed by atoms with E-state index in [1.54, 1.807) is 6.07 Å². The van der Waals surface area contributed by atoms with Gasteiger partial charge in [-0.05, 0) is 36.1 Å². The monoisotopic (exact) mass is 271 g/mol. The highest BCUT2D eigenvalue weighted by Gasteiger charge is 2.42. The fourth-order valence-corrected chi connectivity index (χ4v) is 3.11. The van der Waals surface area contributed by atoms with Gasteiger partial charge in [0.05, 0.1) is 5.56 Å². The van der Waals surface area contributed by atoms with Crippen molar-refractivity contribution in [2.75, 3.05) is 11.9 Å². The van der Waals surface area contributed by atoms with Crippen LogP contribution >= 0.6 is 0 Å². The Morgan fingerprint density at radius 1 is 1.32 bits per heavy atom. The fourth-order valence-electron chi connectivity index (χ4n) is 3.11. The van der Waals surface area contributed by atoms with Crippen LogP contribution in [0, 0.1) is 5.92 Å². The molecule has 2 rings (SSSR count). The second kappa shape index (κ2) is 4.73. The lowest BCUT2D eigenvalue weighted by Gasteiger charge is -2.34. The molecule has 1 aliphatic rings. The van der Waals surface area contributed by atoms with Crippen LogP contribution in [0.2, 0.25) is 0 Å². The second-order valence-electron chi connectivity index (χ2n) is 5.67. The smallest absolute Gasteiger partial charge is 0.384 e. The van der Waals surface area contributed by atoms with E-state index in [1.807, 2.05) is 0 Å². The van der Waals surface area contributed by atoms with Crippen LogP contribution in [0.25, 0.3) is 0 Å². The number of alkyl halides is 3. The molecule has 1 atom stereocenters. The minimum atomic E-state index is -4.27. The Kier molecular flexibility index (Phi) is 3.54. The fraction of sp³-hybridized carbons (Fsp3) is 0.600. The molecule has 4 heteroatoms. The Morgan fingerprint density at radius 3 is 2.53 bits per heavy atom. The first-order valence-corrected chi connectivity index (χ1v) is 6.77. The van der Waals surface area contributed by atoms with Crippen molar-refractivity contribution in [3.63, 3.8) is 0 Å². The standard InChI is InChI=1S/C15H20F3N/c1-4-7-14(10(2)3)9-19-13-6-5-11(8-12(13)14)15(16,17)18/h5-6,8,10,19H,4,7,9H2,1-3H3. The van der Waals surface area contributed by atoms with E-state index in [1.165, 1.54) is 6.07 Å². The van der Waals surface area contributed by atoms with Crippen molar-refractivity contribution in [2.24, 2.45) is 5.92 Å². The molecule has 0 fully saturated rings. The van der Waals surface area contributed by atoms with Crippen molar-refractivity contribution in [1.29, 1.82) is 0 Å². The van der Waals surface area contributed by atoms with Gasteiger partial charge in [-0.1, -0.05) is 27.2 Å². The molecule has 0 amide bonds. The number of fused-ring (bicyclic) bond motifs is 1. The average molecular weight is 271 g/mol. The van der Waals surface area contributed by atoms with E-state index in [4.69, 9.17) is 0 Å². The van der Waals surface area contributed by atoms with Crippen molar-refractivity contribution >= 4 is 5.69 Å². The van der Waals surface area contributed by atoms with Gasteiger partial charge in [-0.15, -0.1) is 0 Å². The molecule has 0 radical (unpaired) electrons. The quantitative estimate of drug-likeness (QED) is 0.830. The molecule has 1 aromatic carbocycles. The Labute approximate surface area is 112 Å². The third kappa shape index (κ3) is 2.33. The van der Waals surface area contributed by atoms with Crippen molar-refractivity contribution in [3.05, 3.63) is 29.3 Å². The SMILES string of the molecule is CCCC1(C(C)C)CNc2ccc(C(F)(F)F)cc21. The topological polar surface area (TPSA) is 12.0 Å². The molecule has 1 heterocycles. The Balaban J connectivity index is 2.52. The molecule has 1 unspecified atom stereocenters. The lowest BCUT2D eigenvalue weighted by atomic mass is 9.70. The van der Waals surface area contributed by atoms with Gasteiger partial charge in [0.25, 0.3) is 0 Å². The van der Waals surface area contributed by atoms with Gasteiger partial charge >= 0.3 is 6.18 Å². The summed E-state index contributed by atoms with van der Waals surface area (Å²) in [6.07, 6.45) is -2.39. The maximum absolute atomic E-state index is 12.9. The number of hydrogen-bond donors (Lipinski definition) is 1. The van der Waals surface area contributed by atoms with Crippen LogP contribution in [0.4, 0.5) is 18.9 Å². The predicted molar refractivity (Wildman–Crippen MR) is 71.4 cm³/mol. The summed E-state index contributed by atoms with van der Waals surface area (Å²) >= 11 is 0. The molecule has 1 aliphatic heterocycles.